The van der Waals surface area contributed by atoms with Crippen molar-refractivity contribution in [3.63, 3.8) is 0 Å². The molecule has 2 heterocycles. The molecule has 35 heavy (non-hydrogen) atoms. The molecule has 7 heteroatoms. The first kappa shape index (κ1) is 23.1. The highest BCUT2D eigenvalue weighted by Crippen LogP contribution is 2.43. The van der Waals surface area contributed by atoms with Crippen LogP contribution in [0.3, 0.4) is 0 Å². The molecule has 1 amide bonds. The summed E-state index contributed by atoms with van der Waals surface area (Å²) in [5.74, 6) is 1.57. The number of fused-ring (bicyclic) bond motifs is 1. The molecule has 1 unspecified atom stereocenters. The third-order valence-corrected chi connectivity index (χ3v) is 7.20. The summed E-state index contributed by atoms with van der Waals surface area (Å²) in [6, 6.07) is 24.0. The number of H-pyrrole nitrogens is 1. The van der Waals surface area contributed by atoms with Gasteiger partial charge in [0.2, 0.25) is 0 Å². The van der Waals surface area contributed by atoms with Crippen molar-refractivity contribution in [2.75, 3.05) is 27.0 Å². The van der Waals surface area contributed by atoms with Crippen molar-refractivity contribution in [2.45, 2.75) is 17.4 Å². The van der Waals surface area contributed by atoms with Gasteiger partial charge in [-0.15, -0.1) is 11.8 Å². The minimum Gasteiger partial charge on any atom is -0.497 e. The maximum atomic E-state index is 13.6. The molecule has 3 aromatic carbocycles. The highest BCUT2D eigenvalue weighted by molar-refractivity contribution is 7.98. The number of thioether (sulfide) groups is 1. The summed E-state index contributed by atoms with van der Waals surface area (Å²) in [7, 11) is 3.31. The Labute approximate surface area is 209 Å². The molecule has 1 N–H and O–H groups in total. The summed E-state index contributed by atoms with van der Waals surface area (Å²) in [6.45, 7) is 0.588. The standard InChI is InChI=1S/C28H27N3O3S/c1-33-21-10-4-18(5-11-21)16-17-31-27(20-8-14-23(35-3)15-9-20)24-25(29-30-26(24)28(31)32)19-6-12-22(34-2)13-7-19/h4-15,27H,16-17H2,1-3H3,(H,29,30). The SMILES string of the molecule is COc1ccc(CCN2C(=O)c3[nH]nc(-c4ccc(OC)cc4)c3C2c2ccc(SC)cc2)cc1. The van der Waals surface area contributed by atoms with Gasteiger partial charge in [0.1, 0.15) is 17.2 Å². The van der Waals surface area contributed by atoms with Gasteiger partial charge < -0.3 is 14.4 Å². The Morgan fingerprint density at radius 3 is 2.14 bits per heavy atom. The van der Waals surface area contributed by atoms with Crippen LogP contribution in [0.15, 0.2) is 77.7 Å². The van der Waals surface area contributed by atoms with Gasteiger partial charge in [-0.05, 0) is 72.3 Å². The minimum absolute atomic E-state index is 0.0280. The largest absolute Gasteiger partial charge is 0.497 e. The van der Waals surface area contributed by atoms with Gasteiger partial charge in [0.15, 0.2) is 0 Å². The van der Waals surface area contributed by atoms with E-state index in [1.54, 1.807) is 26.0 Å². The first-order chi connectivity index (χ1) is 17.1. The number of amides is 1. The Bertz CT molecular complexity index is 1320. The van der Waals surface area contributed by atoms with Gasteiger partial charge >= 0.3 is 0 Å². The smallest absolute Gasteiger partial charge is 0.273 e. The molecule has 1 aromatic heterocycles. The van der Waals surface area contributed by atoms with E-state index in [0.717, 1.165) is 45.9 Å². The zero-order valence-corrected chi connectivity index (χ0v) is 20.8. The fourth-order valence-corrected chi connectivity index (χ4v) is 4.98. The second-order valence-corrected chi connectivity index (χ2v) is 9.24. The van der Waals surface area contributed by atoms with Crippen LogP contribution in [-0.4, -0.2) is 48.0 Å². The van der Waals surface area contributed by atoms with Crippen molar-refractivity contribution in [2.24, 2.45) is 0 Å². The second-order valence-electron chi connectivity index (χ2n) is 8.36. The summed E-state index contributed by atoms with van der Waals surface area (Å²) in [4.78, 5) is 16.7. The Balaban J connectivity index is 1.52. The fraction of sp³-hybridized carbons (Fsp3) is 0.214. The monoisotopic (exact) mass is 485 g/mol. The summed E-state index contributed by atoms with van der Waals surface area (Å²) in [6.07, 6.45) is 2.80. The number of rotatable bonds is 8. The van der Waals surface area contributed by atoms with Gasteiger partial charge in [-0.3, -0.25) is 9.89 Å². The lowest BCUT2D eigenvalue weighted by Crippen LogP contribution is -2.31. The quantitative estimate of drug-likeness (QED) is 0.329. The van der Waals surface area contributed by atoms with Gasteiger partial charge in [-0.25, -0.2) is 0 Å². The first-order valence-corrected chi connectivity index (χ1v) is 12.7. The molecule has 5 rings (SSSR count). The van der Waals surface area contributed by atoms with E-state index in [9.17, 15) is 4.79 Å². The third-order valence-electron chi connectivity index (χ3n) is 6.46. The van der Waals surface area contributed by atoms with E-state index in [1.165, 1.54) is 4.90 Å². The van der Waals surface area contributed by atoms with E-state index in [0.29, 0.717) is 12.2 Å². The van der Waals surface area contributed by atoms with Crippen LogP contribution in [0.25, 0.3) is 11.3 Å². The third kappa shape index (κ3) is 4.39. The fourth-order valence-electron chi connectivity index (χ4n) is 4.57. The molecular weight excluding hydrogens is 458 g/mol. The number of benzene rings is 3. The van der Waals surface area contributed by atoms with Crippen molar-refractivity contribution in [1.29, 1.82) is 0 Å². The zero-order chi connectivity index (χ0) is 24.4. The molecule has 1 aliphatic heterocycles. The van der Waals surface area contributed by atoms with Crippen LogP contribution in [0.5, 0.6) is 11.5 Å². The first-order valence-electron chi connectivity index (χ1n) is 11.4. The van der Waals surface area contributed by atoms with Crippen LogP contribution in [0.1, 0.15) is 33.2 Å². The Morgan fingerprint density at radius 1 is 0.914 bits per heavy atom. The van der Waals surface area contributed by atoms with Crippen molar-refractivity contribution in [3.8, 4) is 22.8 Å². The van der Waals surface area contributed by atoms with Crippen molar-refractivity contribution >= 4 is 17.7 Å². The highest BCUT2D eigenvalue weighted by Gasteiger charge is 2.41. The minimum atomic E-state index is -0.220. The number of methoxy groups -OCH3 is 2. The number of aromatic amines is 1. The summed E-state index contributed by atoms with van der Waals surface area (Å²) in [5, 5.41) is 7.60. The molecule has 0 aliphatic carbocycles. The summed E-state index contributed by atoms with van der Waals surface area (Å²) >= 11 is 1.70. The molecule has 6 nitrogen and oxygen atoms in total. The number of carbonyl (C=O) groups excluding carboxylic acids is 1. The van der Waals surface area contributed by atoms with E-state index in [1.807, 2.05) is 53.4 Å². The van der Waals surface area contributed by atoms with E-state index < -0.39 is 0 Å². The highest BCUT2D eigenvalue weighted by atomic mass is 32.2. The zero-order valence-electron chi connectivity index (χ0n) is 19.9. The molecule has 1 atom stereocenters. The molecule has 4 aromatic rings. The lowest BCUT2D eigenvalue weighted by Gasteiger charge is -2.26. The molecular formula is C28H27N3O3S. The van der Waals surface area contributed by atoms with Crippen LogP contribution in [0, 0.1) is 0 Å². The normalized spacial score (nSPS) is 14.8. The van der Waals surface area contributed by atoms with Gasteiger partial charge in [0, 0.05) is 22.6 Å². The van der Waals surface area contributed by atoms with Crippen molar-refractivity contribution < 1.29 is 14.3 Å². The molecule has 178 valence electrons. The maximum absolute atomic E-state index is 13.6. The molecule has 0 saturated carbocycles. The van der Waals surface area contributed by atoms with Crippen molar-refractivity contribution in [1.82, 2.24) is 15.1 Å². The predicted octanol–water partition coefficient (Wildman–Crippen LogP) is 5.60. The van der Waals surface area contributed by atoms with Gasteiger partial charge in [0.25, 0.3) is 5.91 Å². The summed E-state index contributed by atoms with van der Waals surface area (Å²) < 4.78 is 10.6. The van der Waals surface area contributed by atoms with Crippen LogP contribution >= 0.6 is 11.8 Å². The topological polar surface area (TPSA) is 67.5 Å². The predicted molar refractivity (Wildman–Crippen MR) is 138 cm³/mol. The number of aromatic nitrogens is 2. The van der Waals surface area contributed by atoms with Gasteiger partial charge in [0.05, 0.1) is 26.0 Å². The number of ether oxygens (including phenoxy) is 2. The molecule has 0 fully saturated rings. The van der Waals surface area contributed by atoms with E-state index in [2.05, 4.69) is 40.7 Å². The Kier molecular flexibility index (Phi) is 6.51. The van der Waals surface area contributed by atoms with Crippen LogP contribution in [0.2, 0.25) is 0 Å². The number of hydrogen-bond acceptors (Lipinski definition) is 5. The lowest BCUT2D eigenvalue weighted by molar-refractivity contribution is 0.0746. The molecule has 1 aliphatic rings. The Hall–Kier alpha value is -3.71. The van der Waals surface area contributed by atoms with Crippen molar-refractivity contribution in [3.05, 3.63) is 95.2 Å². The lowest BCUT2D eigenvalue weighted by atomic mass is 9.96. The maximum Gasteiger partial charge on any atom is 0.273 e. The average molecular weight is 486 g/mol. The molecule has 0 saturated heterocycles. The molecule has 0 bridgehead atoms. The van der Waals surface area contributed by atoms with E-state index >= 15 is 0 Å². The van der Waals surface area contributed by atoms with E-state index in [-0.39, 0.29) is 11.9 Å². The average Bonchev–Trinajstić information content (AvgIpc) is 3.46. The van der Waals surface area contributed by atoms with Gasteiger partial charge in [-0.1, -0.05) is 24.3 Å². The molecule has 0 spiro atoms. The van der Waals surface area contributed by atoms with E-state index in [4.69, 9.17) is 9.47 Å². The second kappa shape index (κ2) is 9.88. The van der Waals surface area contributed by atoms with Crippen LogP contribution in [-0.2, 0) is 6.42 Å². The summed E-state index contributed by atoms with van der Waals surface area (Å²) in [5.41, 5.74) is 5.44. The molecule has 0 radical (unpaired) electrons. The number of hydrogen-bond donors (Lipinski definition) is 1. The number of carbonyl (C=O) groups is 1. The van der Waals surface area contributed by atoms with Gasteiger partial charge in [-0.2, -0.15) is 5.10 Å². The van der Waals surface area contributed by atoms with Crippen LogP contribution in [0.4, 0.5) is 0 Å². The Morgan fingerprint density at radius 2 is 1.54 bits per heavy atom. The number of nitrogens with zero attached hydrogens (tertiary/aromatic N) is 2. The number of nitrogens with one attached hydrogen (secondary N) is 1. The van der Waals surface area contributed by atoms with Crippen LogP contribution < -0.4 is 9.47 Å².